The molecule has 1 aliphatic heterocycles. The van der Waals surface area contributed by atoms with E-state index in [0.717, 1.165) is 29.7 Å². The van der Waals surface area contributed by atoms with Crippen LogP contribution in [0.25, 0.3) is 0 Å². The molecule has 3 aromatic rings. The average Bonchev–Trinajstić information content (AvgIpc) is 3.57. The lowest BCUT2D eigenvalue weighted by Crippen LogP contribution is -2.47. The summed E-state index contributed by atoms with van der Waals surface area (Å²) in [6, 6.07) is 2.82. The Kier molecular flexibility index (Phi) is 5.88. The van der Waals surface area contributed by atoms with Crippen LogP contribution in [0.2, 0.25) is 0 Å². The van der Waals surface area contributed by atoms with Crippen LogP contribution in [0.15, 0.2) is 43.1 Å². The number of carbonyl (C=O) groups is 1. The van der Waals surface area contributed by atoms with Gasteiger partial charge in [-0.25, -0.2) is 9.37 Å². The quantitative estimate of drug-likeness (QED) is 0.479. The third-order valence-electron chi connectivity index (χ3n) is 6.41. The molecule has 1 aliphatic carbocycles. The molecule has 0 unspecified atom stereocenters. The van der Waals surface area contributed by atoms with Crippen molar-refractivity contribution in [1.29, 1.82) is 0 Å². The molecule has 0 radical (unpaired) electrons. The number of hydrogen-bond donors (Lipinski definition) is 2. The third kappa shape index (κ3) is 4.55. The molecule has 1 atom stereocenters. The molecule has 0 spiro atoms. The molecular weight excluding hydrogens is 449 g/mol. The van der Waals surface area contributed by atoms with Crippen LogP contribution >= 0.6 is 0 Å². The molecule has 3 aromatic heterocycles. The van der Waals surface area contributed by atoms with E-state index in [1.54, 1.807) is 23.1 Å². The number of halogens is 1. The maximum Gasteiger partial charge on any atom is 0.255 e. The van der Waals surface area contributed by atoms with Crippen LogP contribution in [0.3, 0.4) is 0 Å². The molecule has 4 heterocycles. The zero-order chi connectivity index (χ0) is 24.7. The van der Waals surface area contributed by atoms with E-state index >= 15 is 0 Å². The lowest BCUT2D eigenvalue weighted by Gasteiger charge is -2.36. The van der Waals surface area contributed by atoms with Crippen molar-refractivity contribution >= 4 is 23.1 Å². The van der Waals surface area contributed by atoms with Crippen molar-refractivity contribution in [2.75, 3.05) is 29.7 Å². The first-order valence-corrected chi connectivity index (χ1v) is 11.5. The number of aryl methyl sites for hydroxylation is 1. The first-order valence-electron chi connectivity index (χ1n) is 11.5. The molecule has 10 heteroatoms. The number of likely N-dealkylation sites (N-methyl/N-ethyl adjacent to an activating group) is 1. The van der Waals surface area contributed by atoms with E-state index in [1.807, 2.05) is 31.1 Å². The highest BCUT2D eigenvalue weighted by molar-refractivity contribution is 6.05. The molecule has 1 fully saturated rings. The van der Waals surface area contributed by atoms with E-state index in [-0.39, 0.29) is 17.6 Å². The summed E-state index contributed by atoms with van der Waals surface area (Å²) in [4.78, 5) is 23.3. The lowest BCUT2D eigenvalue weighted by atomic mass is 10.1. The Labute approximate surface area is 203 Å². The lowest BCUT2D eigenvalue weighted by molar-refractivity contribution is -0.117. The Balaban J connectivity index is 1.26. The minimum atomic E-state index is -0.627. The van der Waals surface area contributed by atoms with E-state index in [1.165, 1.54) is 7.11 Å². The first-order chi connectivity index (χ1) is 16.8. The first kappa shape index (κ1) is 22.8. The standard InChI is InChI=1S/C25H28FN7O2/c1-14-22-20(32(3)24(15(2)35-4)25(34)31-22)8-21(30-14)27-10-17-11-29-33(13-17)12-16-7-19(26)23(28-9-16)18-5-6-18/h7-9,11,13,18,24H,2,5-6,10,12H2,1,3-4H3,(H,27,30)(H,31,34)/t24-/m0/s1. The number of pyridine rings is 2. The summed E-state index contributed by atoms with van der Waals surface area (Å²) in [5.41, 5.74) is 4.50. The van der Waals surface area contributed by atoms with Gasteiger partial charge in [0.25, 0.3) is 5.91 Å². The monoisotopic (exact) mass is 477 g/mol. The summed E-state index contributed by atoms with van der Waals surface area (Å²) in [5.74, 6) is 0.880. The second-order valence-electron chi connectivity index (χ2n) is 9.04. The zero-order valence-corrected chi connectivity index (χ0v) is 20.0. The van der Waals surface area contributed by atoms with Crippen LogP contribution in [-0.2, 0) is 22.6 Å². The van der Waals surface area contributed by atoms with Crippen LogP contribution in [0.4, 0.5) is 21.6 Å². The third-order valence-corrected chi connectivity index (χ3v) is 6.41. The fourth-order valence-corrected chi connectivity index (χ4v) is 4.36. The Hall–Kier alpha value is -3.95. The Morgan fingerprint density at radius 3 is 2.83 bits per heavy atom. The maximum atomic E-state index is 14.3. The van der Waals surface area contributed by atoms with Crippen molar-refractivity contribution in [3.05, 3.63) is 71.4 Å². The number of hydrogen-bond acceptors (Lipinski definition) is 7. The number of nitrogens with one attached hydrogen (secondary N) is 2. The highest BCUT2D eigenvalue weighted by Crippen LogP contribution is 2.40. The van der Waals surface area contributed by atoms with Gasteiger partial charge in [0.2, 0.25) is 0 Å². The van der Waals surface area contributed by atoms with Crippen molar-refractivity contribution in [3.63, 3.8) is 0 Å². The molecule has 182 valence electrons. The van der Waals surface area contributed by atoms with Crippen LogP contribution in [0, 0.1) is 12.7 Å². The number of methoxy groups -OCH3 is 1. The minimum Gasteiger partial charge on any atom is -0.499 e. The van der Waals surface area contributed by atoms with Gasteiger partial charge in [0, 0.05) is 43.5 Å². The van der Waals surface area contributed by atoms with Gasteiger partial charge in [-0.3, -0.25) is 14.5 Å². The van der Waals surface area contributed by atoms with Crippen LogP contribution < -0.4 is 15.5 Å². The molecule has 1 amide bonds. The van der Waals surface area contributed by atoms with Crippen molar-refractivity contribution in [2.45, 2.75) is 44.8 Å². The van der Waals surface area contributed by atoms with E-state index in [4.69, 9.17) is 4.74 Å². The Bertz CT molecular complexity index is 1300. The Morgan fingerprint density at radius 1 is 1.31 bits per heavy atom. The predicted molar refractivity (Wildman–Crippen MR) is 131 cm³/mol. The summed E-state index contributed by atoms with van der Waals surface area (Å²) < 4.78 is 21.3. The van der Waals surface area contributed by atoms with E-state index < -0.39 is 6.04 Å². The average molecular weight is 478 g/mol. The summed E-state index contributed by atoms with van der Waals surface area (Å²) in [6.45, 7) is 6.65. The fraction of sp³-hybridized carbons (Fsp3) is 0.360. The minimum absolute atomic E-state index is 0.206. The topological polar surface area (TPSA) is 97.2 Å². The van der Waals surface area contributed by atoms with Crippen molar-refractivity contribution in [1.82, 2.24) is 19.7 Å². The molecular formula is C25H28FN7O2. The molecule has 1 saturated carbocycles. The highest BCUT2D eigenvalue weighted by atomic mass is 19.1. The normalized spacial score (nSPS) is 17.1. The zero-order valence-electron chi connectivity index (χ0n) is 20.0. The number of amides is 1. The fourth-order valence-electron chi connectivity index (χ4n) is 4.36. The number of ether oxygens (including phenoxy) is 1. The van der Waals surface area contributed by atoms with E-state index in [2.05, 4.69) is 32.3 Å². The second kappa shape index (κ2) is 9.01. The number of nitrogens with zero attached hydrogens (tertiary/aromatic N) is 5. The van der Waals surface area contributed by atoms with Gasteiger partial charge in [-0.05, 0) is 31.4 Å². The molecule has 35 heavy (non-hydrogen) atoms. The number of fused-ring (bicyclic) bond motifs is 1. The number of rotatable bonds is 8. The highest BCUT2D eigenvalue weighted by Gasteiger charge is 2.35. The van der Waals surface area contributed by atoms with Gasteiger partial charge >= 0.3 is 0 Å². The number of aromatic nitrogens is 4. The number of anilines is 3. The van der Waals surface area contributed by atoms with Crippen LogP contribution in [-0.4, -0.2) is 45.9 Å². The largest absolute Gasteiger partial charge is 0.499 e. The second-order valence-corrected chi connectivity index (χ2v) is 9.04. The molecule has 2 N–H and O–H groups in total. The van der Waals surface area contributed by atoms with Crippen LogP contribution in [0.5, 0.6) is 0 Å². The molecule has 9 nitrogen and oxygen atoms in total. The molecule has 5 rings (SSSR count). The SMILES string of the molecule is C=C(OC)[C@H]1C(=O)Nc2c(cc(NCc3cnn(Cc4cnc(C5CC5)c(F)c4)c3)nc2C)N1C. The smallest absolute Gasteiger partial charge is 0.255 e. The predicted octanol–water partition coefficient (Wildman–Crippen LogP) is 3.58. The summed E-state index contributed by atoms with van der Waals surface area (Å²) in [5, 5.41) is 10.6. The molecule has 0 saturated heterocycles. The summed E-state index contributed by atoms with van der Waals surface area (Å²) in [6.07, 6.45) is 7.45. The van der Waals surface area contributed by atoms with Gasteiger partial charge in [0.05, 0.1) is 42.6 Å². The van der Waals surface area contributed by atoms with Crippen molar-refractivity contribution < 1.29 is 13.9 Å². The van der Waals surface area contributed by atoms with Gasteiger partial charge in [0.15, 0.2) is 6.04 Å². The Morgan fingerprint density at radius 2 is 2.11 bits per heavy atom. The van der Waals surface area contributed by atoms with Gasteiger partial charge in [0.1, 0.15) is 17.4 Å². The maximum absolute atomic E-state index is 14.3. The molecule has 2 aliphatic rings. The van der Waals surface area contributed by atoms with E-state index in [9.17, 15) is 9.18 Å². The van der Waals surface area contributed by atoms with Crippen molar-refractivity contribution in [3.8, 4) is 0 Å². The van der Waals surface area contributed by atoms with Gasteiger partial charge < -0.3 is 20.3 Å². The van der Waals surface area contributed by atoms with Gasteiger partial charge in [-0.15, -0.1) is 0 Å². The van der Waals surface area contributed by atoms with E-state index in [0.29, 0.717) is 41.7 Å². The summed E-state index contributed by atoms with van der Waals surface area (Å²) in [7, 11) is 3.33. The molecule has 0 aromatic carbocycles. The summed E-state index contributed by atoms with van der Waals surface area (Å²) >= 11 is 0. The van der Waals surface area contributed by atoms with Gasteiger partial charge in [-0.1, -0.05) is 6.58 Å². The van der Waals surface area contributed by atoms with Crippen molar-refractivity contribution in [2.24, 2.45) is 0 Å². The number of carbonyl (C=O) groups excluding carboxylic acids is 1. The van der Waals surface area contributed by atoms with Crippen LogP contribution in [0.1, 0.15) is 41.3 Å². The van der Waals surface area contributed by atoms with Gasteiger partial charge in [-0.2, -0.15) is 5.10 Å². The molecule has 0 bridgehead atoms.